The fourth-order valence-electron chi connectivity index (χ4n) is 1.36. The molecule has 1 aromatic carbocycles. The predicted octanol–water partition coefficient (Wildman–Crippen LogP) is 3.23. The first kappa shape index (κ1) is 13.9. The number of nitrogens with zero attached hydrogens (tertiary/aromatic N) is 3. The number of hydrogen-bond acceptors (Lipinski definition) is 5. The molecule has 0 amide bonds. The van der Waals surface area contributed by atoms with Crippen LogP contribution in [0.3, 0.4) is 0 Å². The first-order chi connectivity index (χ1) is 9.58. The van der Waals surface area contributed by atoms with Gasteiger partial charge in [-0.25, -0.2) is 9.37 Å². The number of pyridine rings is 1. The molecule has 2 aromatic rings. The zero-order valence-electron chi connectivity index (χ0n) is 9.96. The van der Waals surface area contributed by atoms with Gasteiger partial charge in [0.05, 0.1) is 16.2 Å². The lowest BCUT2D eigenvalue weighted by Gasteiger charge is -2.00. The molecule has 0 fully saturated rings. The van der Waals surface area contributed by atoms with E-state index in [9.17, 15) is 14.5 Å². The van der Waals surface area contributed by atoms with E-state index in [1.54, 1.807) is 0 Å². The number of aromatic nitrogens is 1. The Morgan fingerprint density at radius 1 is 1.40 bits per heavy atom. The average Bonchev–Trinajstić information content (AvgIpc) is 2.42. The third-order valence-electron chi connectivity index (χ3n) is 2.33. The van der Waals surface area contributed by atoms with E-state index in [0.717, 1.165) is 6.20 Å². The van der Waals surface area contributed by atoms with Gasteiger partial charge in [-0.3, -0.25) is 15.5 Å². The minimum Gasteiger partial charge on any atom is -0.261 e. The highest BCUT2D eigenvalue weighted by molar-refractivity contribution is 6.33. The van der Waals surface area contributed by atoms with Crippen LogP contribution >= 0.6 is 11.6 Å². The van der Waals surface area contributed by atoms with E-state index < -0.39 is 10.7 Å². The smallest absolute Gasteiger partial charge is 0.261 e. The number of rotatable bonds is 4. The topological polar surface area (TPSA) is 80.4 Å². The molecule has 0 unspecified atom stereocenters. The van der Waals surface area contributed by atoms with Gasteiger partial charge < -0.3 is 0 Å². The fourth-order valence-corrected chi connectivity index (χ4v) is 1.57. The highest BCUT2D eigenvalue weighted by atomic mass is 35.5. The van der Waals surface area contributed by atoms with Crippen LogP contribution in [0.5, 0.6) is 0 Å². The first-order valence-electron chi connectivity index (χ1n) is 5.41. The van der Waals surface area contributed by atoms with Crippen molar-refractivity contribution in [1.29, 1.82) is 0 Å². The zero-order valence-corrected chi connectivity index (χ0v) is 10.7. The summed E-state index contributed by atoms with van der Waals surface area (Å²) in [4.78, 5) is 13.7. The summed E-state index contributed by atoms with van der Waals surface area (Å²) in [7, 11) is 0. The van der Waals surface area contributed by atoms with Crippen LogP contribution in [-0.4, -0.2) is 16.1 Å². The van der Waals surface area contributed by atoms with Crippen LogP contribution in [0, 0.1) is 15.9 Å². The molecule has 0 saturated carbocycles. The minimum absolute atomic E-state index is 0.128. The molecular weight excluding hydrogens is 287 g/mol. The third kappa shape index (κ3) is 3.27. The second-order valence-electron chi connectivity index (χ2n) is 3.66. The number of hydrogen-bond donors (Lipinski definition) is 1. The molecule has 1 N–H and O–H groups in total. The van der Waals surface area contributed by atoms with Gasteiger partial charge in [0.2, 0.25) is 0 Å². The molecule has 0 saturated heterocycles. The molecule has 0 spiro atoms. The van der Waals surface area contributed by atoms with E-state index in [2.05, 4.69) is 15.5 Å². The second-order valence-corrected chi connectivity index (χ2v) is 4.07. The van der Waals surface area contributed by atoms with Crippen LogP contribution in [-0.2, 0) is 0 Å². The Kier molecular flexibility index (Phi) is 4.21. The molecule has 0 radical (unpaired) electrons. The zero-order chi connectivity index (χ0) is 14.5. The summed E-state index contributed by atoms with van der Waals surface area (Å²) in [6, 6.07) is 6.95. The molecule has 0 bridgehead atoms. The molecular formula is C12H8ClFN4O2. The molecule has 8 heteroatoms. The fraction of sp³-hybridized carbons (Fsp3) is 0. The Hall–Kier alpha value is -2.54. The maximum Gasteiger partial charge on any atom is 0.287 e. The molecule has 0 aliphatic rings. The SMILES string of the molecule is O=[N+]([O-])c1ccc(N/N=C/c2c(F)cccc2Cl)nc1. The molecule has 0 aliphatic heterocycles. The highest BCUT2D eigenvalue weighted by Crippen LogP contribution is 2.17. The monoisotopic (exact) mass is 294 g/mol. The summed E-state index contributed by atoms with van der Waals surface area (Å²) >= 11 is 5.82. The first-order valence-corrected chi connectivity index (χ1v) is 5.79. The molecule has 102 valence electrons. The molecule has 1 heterocycles. The Bertz CT molecular complexity index is 641. The number of hydrazone groups is 1. The number of halogens is 2. The average molecular weight is 295 g/mol. The summed E-state index contributed by atoms with van der Waals surface area (Å²) in [6.45, 7) is 0. The Labute approximate surface area is 118 Å². The lowest BCUT2D eigenvalue weighted by atomic mass is 10.2. The van der Waals surface area contributed by atoms with Gasteiger partial charge in [0.25, 0.3) is 5.69 Å². The van der Waals surface area contributed by atoms with E-state index in [4.69, 9.17) is 11.6 Å². The number of anilines is 1. The Balaban J connectivity index is 2.08. The van der Waals surface area contributed by atoms with Gasteiger partial charge in [0, 0.05) is 11.6 Å². The van der Waals surface area contributed by atoms with Gasteiger partial charge in [-0.1, -0.05) is 17.7 Å². The van der Waals surface area contributed by atoms with Crippen LogP contribution in [0.4, 0.5) is 15.9 Å². The highest BCUT2D eigenvalue weighted by Gasteiger charge is 2.05. The van der Waals surface area contributed by atoms with E-state index in [1.807, 2.05) is 0 Å². The maximum absolute atomic E-state index is 13.4. The Morgan fingerprint density at radius 3 is 2.80 bits per heavy atom. The summed E-state index contributed by atoms with van der Waals surface area (Å²) in [5.74, 6) is -0.209. The van der Waals surface area contributed by atoms with Gasteiger partial charge in [0.1, 0.15) is 17.8 Å². The summed E-state index contributed by atoms with van der Waals surface area (Å²) in [5.41, 5.74) is 2.54. The van der Waals surface area contributed by atoms with E-state index in [1.165, 1.54) is 36.5 Å². The van der Waals surface area contributed by atoms with Crippen molar-refractivity contribution >= 4 is 29.3 Å². The van der Waals surface area contributed by atoms with Crippen molar-refractivity contribution in [3.8, 4) is 0 Å². The predicted molar refractivity (Wildman–Crippen MR) is 73.5 cm³/mol. The quantitative estimate of drug-likeness (QED) is 0.533. The van der Waals surface area contributed by atoms with Crippen molar-refractivity contribution in [3.05, 3.63) is 63.0 Å². The number of nitro groups is 1. The minimum atomic E-state index is -0.556. The summed E-state index contributed by atoms with van der Waals surface area (Å²) in [6.07, 6.45) is 2.30. The molecule has 20 heavy (non-hydrogen) atoms. The third-order valence-corrected chi connectivity index (χ3v) is 2.66. The van der Waals surface area contributed by atoms with Crippen LogP contribution in [0.2, 0.25) is 5.02 Å². The van der Waals surface area contributed by atoms with E-state index in [-0.39, 0.29) is 16.3 Å². The second kappa shape index (κ2) is 6.07. The standard InChI is InChI=1S/C12H8ClFN4O2/c13-10-2-1-3-11(14)9(10)7-16-17-12-5-4-8(6-15-12)18(19)20/h1-7H,(H,15,17)/b16-7+. The van der Waals surface area contributed by atoms with E-state index in [0.29, 0.717) is 5.82 Å². The number of nitrogens with one attached hydrogen (secondary N) is 1. The molecule has 0 aliphatic carbocycles. The van der Waals surface area contributed by atoms with Gasteiger partial charge >= 0.3 is 0 Å². The van der Waals surface area contributed by atoms with E-state index >= 15 is 0 Å². The number of benzene rings is 1. The van der Waals surface area contributed by atoms with Crippen LogP contribution in [0.25, 0.3) is 0 Å². The van der Waals surface area contributed by atoms with Crippen LogP contribution < -0.4 is 5.43 Å². The van der Waals surface area contributed by atoms with Gasteiger partial charge in [-0.2, -0.15) is 5.10 Å². The van der Waals surface area contributed by atoms with Crippen molar-refractivity contribution in [2.75, 3.05) is 5.43 Å². The summed E-state index contributed by atoms with van der Waals surface area (Å²) in [5, 5.41) is 14.5. The van der Waals surface area contributed by atoms with Crippen LogP contribution in [0.1, 0.15) is 5.56 Å². The van der Waals surface area contributed by atoms with Gasteiger partial charge in [-0.05, 0) is 18.2 Å². The Morgan fingerprint density at radius 2 is 2.20 bits per heavy atom. The molecule has 6 nitrogen and oxygen atoms in total. The molecule has 0 atom stereocenters. The van der Waals surface area contributed by atoms with Crippen molar-refractivity contribution in [2.45, 2.75) is 0 Å². The van der Waals surface area contributed by atoms with Crippen molar-refractivity contribution in [3.63, 3.8) is 0 Å². The van der Waals surface area contributed by atoms with Gasteiger partial charge in [0.15, 0.2) is 0 Å². The molecule has 1 aromatic heterocycles. The largest absolute Gasteiger partial charge is 0.287 e. The van der Waals surface area contributed by atoms with Crippen molar-refractivity contribution in [1.82, 2.24) is 4.98 Å². The summed E-state index contributed by atoms with van der Waals surface area (Å²) < 4.78 is 13.4. The lowest BCUT2D eigenvalue weighted by molar-refractivity contribution is -0.385. The van der Waals surface area contributed by atoms with Crippen molar-refractivity contribution in [2.24, 2.45) is 5.10 Å². The molecule has 2 rings (SSSR count). The van der Waals surface area contributed by atoms with Crippen molar-refractivity contribution < 1.29 is 9.31 Å². The van der Waals surface area contributed by atoms with Gasteiger partial charge in [-0.15, -0.1) is 0 Å². The normalized spacial score (nSPS) is 10.7. The maximum atomic E-state index is 13.4. The van der Waals surface area contributed by atoms with Crippen LogP contribution in [0.15, 0.2) is 41.6 Å². The lowest BCUT2D eigenvalue weighted by Crippen LogP contribution is -1.96.